The summed E-state index contributed by atoms with van der Waals surface area (Å²) in [6, 6.07) is 27.1. The first-order chi connectivity index (χ1) is 22.8. The van der Waals surface area contributed by atoms with Crippen LogP contribution in [0.1, 0.15) is 49.9 Å². The summed E-state index contributed by atoms with van der Waals surface area (Å²) in [6.45, 7) is 11.4. The number of hydrogen-bond acceptors (Lipinski definition) is 7. The lowest BCUT2D eigenvalue weighted by Gasteiger charge is -2.42. The zero-order valence-electron chi connectivity index (χ0n) is 29.2. The molecule has 5 rings (SSSR count). The average molecular weight is 673 g/mol. The topological polar surface area (TPSA) is 101 Å². The summed E-state index contributed by atoms with van der Waals surface area (Å²) in [6.07, 6.45) is 1.26. The Kier molecular flexibility index (Phi) is 10.5. The molecular formula is C38H48N2O7Si. The molecule has 10 heteroatoms. The molecule has 1 saturated carbocycles. The summed E-state index contributed by atoms with van der Waals surface area (Å²) in [5.41, 5.74) is 0.877. The Labute approximate surface area is 283 Å². The van der Waals surface area contributed by atoms with Crippen molar-refractivity contribution in [3.05, 3.63) is 129 Å². The van der Waals surface area contributed by atoms with Crippen LogP contribution in [-0.2, 0) is 19.5 Å². The molecule has 4 aromatic rings. The fourth-order valence-electron chi connectivity index (χ4n) is 6.47. The van der Waals surface area contributed by atoms with Crippen molar-refractivity contribution in [3.63, 3.8) is 0 Å². The zero-order chi connectivity index (χ0) is 34.7. The van der Waals surface area contributed by atoms with Gasteiger partial charge < -0.3 is 23.4 Å². The standard InChI is InChI=1S/C38H48N2O7Si/c1-37(2,3)48(7,8)47-34-26(24-32(35(34)45-6)40-23-22-33(41)39-36(40)42)25-46-38(27-12-10-9-11-13-27,28-14-18-30(43-4)19-15-28)29-16-20-31(44-5)21-17-29/h9-23,26,32,34-35H,24-25H2,1-8H3,(H,39,41,42)/t26-,32-,34-,35+/m1/s1. The maximum atomic E-state index is 13.1. The van der Waals surface area contributed by atoms with E-state index in [-0.39, 0.29) is 23.1 Å². The molecule has 1 heterocycles. The molecule has 4 atom stereocenters. The van der Waals surface area contributed by atoms with Crippen molar-refractivity contribution in [2.75, 3.05) is 27.9 Å². The number of rotatable bonds is 12. The van der Waals surface area contributed by atoms with Crippen molar-refractivity contribution in [1.82, 2.24) is 9.55 Å². The van der Waals surface area contributed by atoms with Crippen LogP contribution in [0.2, 0.25) is 18.1 Å². The Bertz CT molecular complexity index is 1710. The van der Waals surface area contributed by atoms with E-state index >= 15 is 0 Å². The van der Waals surface area contributed by atoms with Crippen LogP contribution in [0, 0.1) is 5.92 Å². The van der Waals surface area contributed by atoms with E-state index in [0.29, 0.717) is 13.0 Å². The molecule has 1 aliphatic rings. The first-order valence-corrected chi connectivity index (χ1v) is 19.3. The lowest BCUT2D eigenvalue weighted by molar-refractivity contribution is -0.0546. The molecule has 0 saturated heterocycles. The molecule has 0 bridgehead atoms. The molecule has 1 N–H and O–H groups in total. The van der Waals surface area contributed by atoms with Crippen molar-refractivity contribution >= 4 is 8.32 Å². The molecule has 0 unspecified atom stereocenters. The number of ether oxygens (including phenoxy) is 4. The summed E-state index contributed by atoms with van der Waals surface area (Å²) < 4.78 is 33.2. The minimum absolute atomic E-state index is 0.0659. The minimum atomic E-state index is -2.32. The molecule has 9 nitrogen and oxygen atoms in total. The maximum absolute atomic E-state index is 13.1. The van der Waals surface area contributed by atoms with Gasteiger partial charge in [-0.3, -0.25) is 14.3 Å². The van der Waals surface area contributed by atoms with E-state index in [1.165, 1.54) is 6.07 Å². The minimum Gasteiger partial charge on any atom is -0.497 e. The number of H-pyrrole nitrogens is 1. The van der Waals surface area contributed by atoms with Gasteiger partial charge in [-0.2, -0.15) is 0 Å². The van der Waals surface area contributed by atoms with Crippen molar-refractivity contribution in [1.29, 1.82) is 0 Å². The smallest absolute Gasteiger partial charge is 0.328 e. The average Bonchev–Trinajstić information content (AvgIpc) is 3.41. The number of benzene rings is 3. The van der Waals surface area contributed by atoms with Gasteiger partial charge in [0.15, 0.2) is 8.32 Å². The maximum Gasteiger partial charge on any atom is 0.328 e. The van der Waals surface area contributed by atoms with Crippen LogP contribution in [0.3, 0.4) is 0 Å². The van der Waals surface area contributed by atoms with Crippen molar-refractivity contribution in [3.8, 4) is 11.5 Å². The van der Waals surface area contributed by atoms with E-state index in [4.69, 9.17) is 23.4 Å². The predicted octanol–water partition coefficient (Wildman–Crippen LogP) is 6.53. The summed E-state index contributed by atoms with van der Waals surface area (Å²) in [7, 11) is 2.64. The second-order valence-corrected chi connectivity index (χ2v) is 18.7. The molecule has 3 aromatic carbocycles. The van der Waals surface area contributed by atoms with E-state index < -0.39 is 31.3 Å². The van der Waals surface area contributed by atoms with Crippen LogP contribution in [-0.4, -0.2) is 58.0 Å². The van der Waals surface area contributed by atoms with Crippen molar-refractivity contribution in [2.24, 2.45) is 5.92 Å². The molecule has 256 valence electrons. The Hall–Kier alpha value is -3.96. The molecule has 0 amide bonds. The van der Waals surface area contributed by atoms with Crippen LogP contribution in [0.5, 0.6) is 11.5 Å². The predicted molar refractivity (Wildman–Crippen MR) is 190 cm³/mol. The highest BCUT2D eigenvalue weighted by Gasteiger charge is 2.51. The van der Waals surface area contributed by atoms with Gasteiger partial charge in [-0.05, 0) is 65.5 Å². The van der Waals surface area contributed by atoms with Gasteiger partial charge in [0, 0.05) is 25.3 Å². The number of methoxy groups -OCH3 is 3. The van der Waals surface area contributed by atoms with Gasteiger partial charge in [0.05, 0.1) is 33.0 Å². The van der Waals surface area contributed by atoms with Gasteiger partial charge >= 0.3 is 5.69 Å². The fraction of sp³-hybridized carbons (Fsp3) is 0.421. The van der Waals surface area contributed by atoms with Gasteiger partial charge in [0.1, 0.15) is 23.2 Å². The highest BCUT2D eigenvalue weighted by molar-refractivity contribution is 6.74. The lowest BCUT2D eigenvalue weighted by Crippen LogP contribution is -2.49. The third kappa shape index (κ3) is 6.93. The summed E-state index contributed by atoms with van der Waals surface area (Å²) >= 11 is 0. The molecule has 1 aliphatic carbocycles. The molecule has 1 fully saturated rings. The first-order valence-electron chi connectivity index (χ1n) is 16.3. The Balaban J connectivity index is 1.64. The Morgan fingerprint density at radius 1 is 0.771 bits per heavy atom. The molecule has 1 aromatic heterocycles. The Morgan fingerprint density at radius 2 is 1.31 bits per heavy atom. The second-order valence-electron chi connectivity index (χ2n) is 13.9. The number of nitrogens with zero attached hydrogens (tertiary/aromatic N) is 1. The Morgan fingerprint density at radius 3 is 1.79 bits per heavy atom. The van der Waals surface area contributed by atoms with Crippen LogP contribution < -0.4 is 20.7 Å². The number of hydrogen-bond donors (Lipinski definition) is 1. The van der Waals surface area contributed by atoms with E-state index in [2.05, 4.69) is 51.0 Å². The van der Waals surface area contributed by atoms with E-state index in [9.17, 15) is 9.59 Å². The van der Waals surface area contributed by atoms with Gasteiger partial charge in [-0.15, -0.1) is 0 Å². The molecule has 0 spiro atoms. The van der Waals surface area contributed by atoms with Gasteiger partial charge in [-0.1, -0.05) is 75.4 Å². The summed E-state index contributed by atoms with van der Waals surface area (Å²) in [4.78, 5) is 27.5. The molecule has 48 heavy (non-hydrogen) atoms. The van der Waals surface area contributed by atoms with Crippen LogP contribution >= 0.6 is 0 Å². The molecular weight excluding hydrogens is 625 g/mol. The van der Waals surface area contributed by atoms with E-state index in [1.54, 1.807) is 32.1 Å². The largest absolute Gasteiger partial charge is 0.497 e. The summed E-state index contributed by atoms with van der Waals surface area (Å²) in [5, 5.41) is -0.0659. The van der Waals surface area contributed by atoms with E-state index in [0.717, 1.165) is 28.2 Å². The monoisotopic (exact) mass is 672 g/mol. The number of aromatic nitrogens is 2. The molecule has 0 aliphatic heterocycles. The van der Waals surface area contributed by atoms with Crippen LogP contribution in [0.25, 0.3) is 0 Å². The second kappa shape index (κ2) is 14.3. The number of nitrogens with one attached hydrogen (secondary N) is 1. The summed E-state index contributed by atoms with van der Waals surface area (Å²) in [5.74, 6) is 1.32. The normalized spacial score (nSPS) is 20.1. The zero-order valence-corrected chi connectivity index (χ0v) is 30.2. The number of aromatic amines is 1. The van der Waals surface area contributed by atoms with Crippen LogP contribution in [0.15, 0.2) is 101 Å². The van der Waals surface area contributed by atoms with Gasteiger partial charge in [-0.25, -0.2) is 4.79 Å². The van der Waals surface area contributed by atoms with Gasteiger partial charge in [0.25, 0.3) is 5.56 Å². The fourth-order valence-corrected chi connectivity index (χ4v) is 7.83. The molecule has 0 radical (unpaired) electrons. The third-order valence-electron chi connectivity index (χ3n) is 10.1. The highest BCUT2D eigenvalue weighted by atomic mass is 28.4. The quantitative estimate of drug-likeness (QED) is 0.135. The van der Waals surface area contributed by atoms with Crippen molar-refractivity contribution < 1.29 is 23.4 Å². The SMILES string of the molecule is COc1ccc(C(OC[C@H]2C[C@@H](n3ccc(=O)[nH]c3=O)[C@H](OC)[C@@H]2O[Si](C)(C)C(C)(C)C)(c2ccccc2)c2ccc(OC)cc2)cc1. The third-order valence-corrected chi connectivity index (χ3v) is 14.6. The van der Waals surface area contributed by atoms with Crippen LogP contribution in [0.4, 0.5) is 0 Å². The van der Waals surface area contributed by atoms with Crippen molar-refractivity contribution in [2.45, 2.75) is 69.2 Å². The van der Waals surface area contributed by atoms with Gasteiger partial charge in [0.2, 0.25) is 0 Å². The van der Waals surface area contributed by atoms with E-state index in [1.807, 2.05) is 66.7 Å². The highest BCUT2D eigenvalue weighted by Crippen LogP contribution is 2.47. The lowest BCUT2D eigenvalue weighted by atomic mass is 9.79. The first kappa shape index (κ1) is 35.3.